The van der Waals surface area contributed by atoms with E-state index in [1.54, 1.807) is 6.20 Å². The third-order valence-corrected chi connectivity index (χ3v) is 3.92. The van der Waals surface area contributed by atoms with Gasteiger partial charge in [-0.1, -0.05) is 13.0 Å². The zero-order chi connectivity index (χ0) is 13.3. The Labute approximate surface area is 109 Å². The molecule has 2 N–H and O–H groups in total. The number of rotatable bonds is 9. The largest absolute Gasteiger partial charge is 0.317 e. The molecule has 1 rings (SSSR count). The minimum Gasteiger partial charge on any atom is -0.317 e. The van der Waals surface area contributed by atoms with Crippen molar-refractivity contribution in [1.82, 2.24) is 15.0 Å². The van der Waals surface area contributed by atoms with Crippen LogP contribution in [0.15, 0.2) is 24.4 Å². The fourth-order valence-electron chi connectivity index (χ4n) is 1.52. The van der Waals surface area contributed by atoms with Crippen LogP contribution < -0.4 is 10.0 Å². The van der Waals surface area contributed by atoms with E-state index in [2.05, 4.69) is 15.0 Å². The van der Waals surface area contributed by atoms with Gasteiger partial charge in [0.2, 0.25) is 10.0 Å². The van der Waals surface area contributed by atoms with E-state index in [0.29, 0.717) is 19.4 Å². The molecule has 0 unspecified atom stereocenters. The standard InChI is InChI=1S/C12H21N3O2S/c1-2-13-8-5-11-18(16,17)15-10-7-12-6-3-4-9-14-12/h3-4,6,9,13,15H,2,5,7-8,10-11H2,1H3. The van der Waals surface area contributed by atoms with Crippen molar-refractivity contribution in [2.24, 2.45) is 0 Å². The highest BCUT2D eigenvalue weighted by Gasteiger charge is 2.08. The molecular weight excluding hydrogens is 250 g/mol. The molecule has 0 aliphatic heterocycles. The predicted octanol–water partition coefficient (Wildman–Crippen LogP) is 0.543. The van der Waals surface area contributed by atoms with Gasteiger partial charge < -0.3 is 5.32 Å². The highest BCUT2D eigenvalue weighted by Crippen LogP contribution is 1.95. The summed E-state index contributed by atoms with van der Waals surface area (Å²) < 4.78 is 25.8. The number of aromatic nitrogens is 1. The molecule has 0 aliphatic rings. The summed E-state index contributed by atoms with van der Waals surface area (Å²) in [5.74, 6) is 0.169. The number of hydrogen-bond acceptors (Lipinski definition) is 4. The Morgan fingerprint density at radius 3 is 2.78 bits per heavy atom. The Balaban J connectivity index is 2.21. The van der Waals surface area contributed by atoms with Crippen molar-refractivity contribution in [3.8, 4) is 0 Å². The fraction of sp³-hybridized carbons (Fsp3) is 0.583. The van der Waals surface area contributed by atoms with Gasteiger partial charge in [0.05, 0.1) is 5.75 Å². The molecule has 1 aromatic rings. The lowest BCUT2D eigenvalue weighted by atomic mass is 10.3. The maximum Gasteiger partial charge on any atom is 0.211 e. The molecule has 102 valence electrons. The van der Waals surface area contributed by atoms with Crippen molar-refractivity contribution in [2.45, 2.75) is 19.8 Å². The molecule has 0 aromatic carbocycles. The van der Waals surface area contributed by atoms with Gasteiger partial charge in [-0.05, 0) is 31.6 Å². The summed E-state index contributed by atoms with van der Waals surface area (Å²) in [5.41, 5.74) is 0.896. The molecule has 0 radical (unpaired) electrons. The molecule has 1 heterocycles. The molecule has 0 fully saturated rings. The van der Waals surface area contributed by atoms with Crippen LogP contribution >= 0.6 is 0 Å². The first-order valence-corrected chi connectivity index (χ1v) is 7.87. The van der Waals surface area contributed by atoms with Crippen LogP contribution in [0, 0.1) is 0 Å². The monoisotopic (exact) mass is 271 g/mol. The fourth-order valence-corrected chi connectivity index (χ4v) is 2.60. The van der Waals surface area contributed by atoms with E-state index in [4.69, 9.17) is 0 Å². The van der Waals surface area contributed by atoms with Gasteiger partial charge in [0.25, 0.3) is 0 Å². The summed E-state index contributed by atoms with van der Waals surface area (Å²) in [6.45, 7) is 4.00. The van der Waals surface area contributed by atoms with Gasteiger partial charge in [-0.25, -0.2) is 13.1 Å². The summed E-state index contributed by atoms with van der Waals surface area (Å²) in [4.78, 5) is 4.14. The van der Waals surface area contributed by atoms with Gasteiger partial charge in [-0.15, -0.1) is 0 Å². The summed E-state index contributed by atoms with van der Waals surface area (Å²) in [6, 6.07) is 5.63. The molecule has 18 heavy (non-hydrogen) atoms. The molecule has 0 spiro atoms. The van der Waals surface area contributed by atoms with E-state index in [1.165, 1.54) is 0 Å². The highest BCUT2D eigenvalue weighted by atomic mass is 32.2. The molecule has 0 aliphatic carbocycles. The van der Waals surface area contributed by atoms with Crippen molar-refractivity contribution in [2.75, 3.05) is 25.4 Å². The maximum absolute atomic E-state index is 11.6. The number of hydrogen-bond donors (Lipinski definition) is 2. The van der Waals surface area contributed by atoms with Crippen LogP contribution in [0.3, 0.4) is 0 Å². The van der Waals surface area contributed by atoms with Crippen LogP contribution in [-0.2, 0) is 16.4 Å². The minimum atomic E-state index is -3.15. The summed E-state index contributed by atoms with van der Waals surface area (Å²) in [6.07, 6.45) is 2.96. The van der Waals surface area contributed by atoms with Crippen LogP contribution in [0.4, 0.5) is 0 Å². The molecule has 0 saturated carbocycles. The topological polar surface area (TPSA) is 71.1 Å². The van der Waals surface area contributed by atoms with Gasteiger partial charge in [0.15, 0.2) is 0 Å². The molecule has 0 amide bonds. The second kappa shape index (κ2) is 8.18. The van der Waals surface area contributed by atoms with Crippen LogP contribution in [0.5, 0.6) is 0 Å². The van der Waals surface area contributed by atoms with E-state index in [1.807, 2.05) is 25.1 Å². The van der Waals surface area contributed by atoms with E-state index in [9.17, 15) is 8.42 Å². The summed E-state index contributed by atoms with van der Waals surface area (Å²) in [5, 5.41) is 3.10. The Bertz CT molecular complexity index is 420. The molecule has 1 aromatic heterocycles. The Morgan fingerprint density at radius 2 is 2.11 bits per heavy atom. The van der Waals surface area contributed by atoms with Crippen molar-refractivity contribution >= 4 is 10.0 Å². The maximum atomic E-state index is 11.6. The minimum absolute atomic E-state index is 0.169. The first-order chi connectivity index (χ1) is 8.64. The molecule has 0 saturated heterocycles. The Kier molecular flexibility index (Phi) is 6.85. The van der Waals surface area contributed by atoms with Crippen LogP contribution in [0.25, 0.3) is 0 Å². The van der Waals surface area contributed by atoms with Crippen molar-refractivity contribution in [3.63, 3.8) is 0 Å². The lowest BCUT2D eigenvalue weighted by molar-refractivity contribution is 0.575. The smallest absolute Gasteiger partial charge is 0.211 e. The number of nitrogens with zero attached hydrogens (tertiary/aromatic N) is 1. The highest BCUT2D eigenvalue weighted by molar-refractivity contribution is 7.89. The number of sulfonamides is 1. The zero-order valence-corrected chi connectivity index (χ0v) is 11.5. The molecular formula is C12H21N3O2S. The van der Waals surface area contributed by atoms with Gasteiger partial charge in [0, 0.05) is 24.9 Å². The van der Waals surface area contributed by atoms with Crippen molar-refractivity contribution in [1.29, 1.82) is 0 Å². The predicted molar refractivity (Wildman–Crippen MR) is 72.9 cm³/mol. The number of nitrogens with one attached hydrogen (secondary N) is 2. The second-order valence-electron chi connectivity index (χ2n) is 3.99. The van der Waals surface area contributed by atoms with Crippen LogP contribution in [-0.4, -0.2) is 38.8 Å². The Hall–Kier alpha value is -0.980. The summed E-state index contributed by atoms with van der Waals surface area (Å²) in [7, 11) is -3.15. The Morgan fingerprint density at radius 1 is 1.28 bits per heavy atom. The first kappa shape index (κ1) is 15.1. The van der Waals surface area contributed by atoms with E-state index < -0.39 is 10.0 Å². The van der Waals surface area contributed by atoms with Crippen molar-refractivity contribution < 1.29 is 8.42 Å². The second-order valence-corrected chi connectivity index (χ2v) is 5.92. The average Bonchev–Trinajstić information content (AvgIpc) is 2.36. The van der Waals surface area contributed by atoms with Crippen molar-refractivity contribution in [3.05, 3.63) is 30.1 Å². The first-order valence-electron chi connectivity index (χ1n) is 6.22. The average molecular weight is 271 g/mol. The third kappa shape index (κ3) is 6.68. The quantitative estimate of drug-likeness (QED) is 0.643. The van der Waals surface area contributed by atoms with Gasteiger partial charge in [-0.3, -0.25) is 4.98 Å². The summed E-state index contributed by atoms with van der Waals surface area (Å²) >= 11 is 0. The third-order valence-electron chi connectivity index (χ3n) is 2.45. The lowest BCUT2D eigenvalue weighted by Crippen LogP contribution is -2.30. The van der Waals surface area contributed by atoms with Crippen LogP contribution in [0.1, 0.15) is 19.0 Å². The van der Waals surface area contributed by atoms with E-state index in [-0.39, 0.29) is 5.75 Å². The zero-order valence-electron chi connectivity index (χ0n) is 10.7. The SMILES string of the molecule is CCNCCCS(=O)(=O)NCCc1ccccn1. The van der Waals surface area contributed by atoms with Gasteiger partial charge in [0.1, 0.15) is 0 Å². The molecule has 0 atom stereocenters. The number of pyridine rings is 1. The van der Waals surface area contributed by atoms with Gasteiger partial charge >= 0.3 is 0 Å². The van der Waals surface area contributed by atoms with E-state index in [0.717, 1.165) is 18.8 Å². The van der Waals surface area contributed by atoms with Crippen LogP contribution in [0.2, 0.25) is 0 Å². The normalized spacial score (nSPS) is 11.6. The van der Waals surface area contributed by atoms with E-state index >= 15 is 0 Å². The molecule has 5 nitrogen and oxygen atoms in total. The molecule has 0 bridgehead atoms. The van der Waals surface area contributed by atoms with Gasteiger partial charge in [-0.2, -0.15) is 0 Å². The molecule has 6 heteroatoms. The lowest BCUT2D eigenvalue weighted by Gasteiger charge is -2.06.